The summed E-state index contributed by atoms with van der Waals surface area (Å²) in [6.07, 6.45) is 8.12. The van der Waals surface area contributed by atoms with E-state index in [9.17, 15) is 5.41 Å². The van der Waals surface area contributed by atoms with Gasteiger partial charge in [-0.2, -0.15) is 0 Å². The predicted molar refractivity (Wildman–Crippen MR) is 240 cm³/mol. The van der Waals surface area contributed by atoms with E-state index in [4.69, 9.17) is 4.74 Å². The third-order valence-electron chi connectivity index (χ3n) is 9.12. The highest BCUT2D eigenvalue weighted by Crippen LogP contribution is 2.43. The van der Waals surface area contributed by atoms with Gasteiger partial charge in [0.05, 0.1) is 24.2 Å². The van der Waals surface area contributed by atoms with E-state index in [1.165, 1.54) is 29.3 Å². The lowest BCUT2D eigenvalue weighted by atomic mass is 9.88. The number of para-hydroxylation sites is 1. The molecular formula is C51H53N3O2. The van der Waals surface area contributed by atoms with Crippen molar-refractivity contribution in [3.63, 3.8) is 0 Å². The Bertz CT molecular complexity index is 2270. The second-order valence-corrected chi connectivity index (χ2v) is 13.4. The van der Waals surface area contributed by atoms with E-state index in [0.717, 1.165) is 56.3 Å². The van der Waals surface area contributed by atoms with Crippen molar-refractivity contribution in [1.82, 2.24) is 5.32 Å². The molecule has 6 aromatic rings. The second kappa shape index (κ2) is 20.3. The lowest BCUT2D eigenvalue weighted by Crippen LogP contribution is -2.22. The van der Waals surface area contributed by atoms with Gasteiger partial charge in [0.15, 0.2) is 0 Å². The number of ether oxygens (including phenoxy) is 2. The molecule has 5 heteroatoms. The summed E-state index contributed by atoms with van der Waals surface area (Å²) in [6.45, 7) is 10.5. The van der Waals surface area contributed by atoms with Crippen molar-refractivity contribution >= 4 is 50.9 Å². The van der Waals surface area contributed by atoms with Crippen molar-refractivity contribution in [2.24, 2.45) is 5.92 Å². The molecule has 0 amide bonds. The van der Waals surface area contributed by atoms with Crippen molar-refractivity contribution in [2.45, 2.75) is 26.7 Å². The summed E-state index contributed by atoms with van der Waals surface area (Å²) >= 11 is 0. The summed E-state index contributed by atoms with van der Waals surface area (Å²) in [5.41, 5.74) is 10.8. The molecule has 1 saturated carbocycles. The highest BCUT2D eigenvalue weighted by atomic mass is 16.5. The monoisotopic (exact) mass is 739 g/mol. The molecule has 0 atom stereocenters. The fourth-order valence-electron chi connectivity index (χ4n) is 6.59. The van der Waals surface area contributed by atoms with Gasteiger partial charge in [-0.15, -0.1) is 13.2 Å². The third-order valence-corrected chi connectivity index (χ3v) is 9.12. The normalized spacial score (nSPS) is 13.3. The van der Waals surface area contributed by atoms with E-state index in [1.807, 2.05) is 44.2 Å². The number of hydrogen-bond acceptors (Lipinski definition) is 5. The first-order valence-corrected chi connectivity index (χ1v) is 19.0. The summed E-state index contributed by atoms with van der Waals surface area (Å²) in [6, 6.07) is 50.4. The van der Waals surface area contributed by atoms with E-state index in [1.54, 1.807) is 33.5 Å². The topological polar surface area (TPSA) is 57.6 Å². The molecule has 0 unspecified atom stereocenters. The zero-order valence-electron chi connectivity index (χ0n) is 33.3. The first-order valence-electron chi connectivity index (χ1n) is 19.0. The Morgan fingerprint density at radius 1 is 0.696 bits per heavy atom. The summed E-state index contributed by atoms with van der Waals surface area (Å²) in [5.74, 6) is 1.35. The average molecular weight is 740 g/mol. The van der Waals surface area contributed by atoms with Crippen LogP contribution in [-0.2, 0) is 4.74 Å². The van der Waals surface area contributed by atoms with Gasteiger partial charge in [-0.25, -0.2) is 0 Å². The van der Waals surface area contributed by atoms with Crippen LogP contribution in [0, 0.1) is 11.3 Å². The molecule has 0 aromatic heterocycles. The minimum absolute atomic E-state index is 0.473. The summed E-state index contributed by atoms with van der Waals surface area (Å²) in [4.78, 5) is 2.30. The number of anilines is 3. The predicted octanol–water partition coefficient (Wildman–Crippen LogP) is 13.3. The van der Waals surface area contributed by atoms with E-state index in [2.05, 4.69) is 149 Å². The van der Waals surface area contributed by atoms with Gasteiger partial charge in [-0.1, -0.05) is 109 Å². The van der Waals surface area contributed by atoms with Crippen molar-refractivity contribution in [2.75, 3.05) is 26.2 Å². The molecule has 1 aliphatic carbocycles. The number of benzene rings is 6. The van der Waals surface area contributed by atoms with Crippen LogP contribution < -0.4 is 15.0 Å². The van der Waals surface area contributed by atoms with Crippen LogP contribution in [0.4, 0.5) is 17.1 Å². The van der Waals surface area contributed by atoms with Crippen LogP contribution in [0.15, 0.2) is 177 Å². The van der Waals surface area contributed by atoms with E-state index in [0.29, 0.717) is 11.6 Å². The molecule has 6 aromatic carbocycles. The number of allylic oxidation sites excluding steroid dienone is 4. The molecule has 2 N–H and O–H groups in total. The quantitative estimate of drug-likeness (QED) is 0.121. The number of methoxy groups -OCH3 is 2. The first kappa shape index (κ1) is 40.7. The van der Waals surface area contributed by atoms with Crippen molar-refractivity contribution in [3.8, 4) is 5.75 Å². The molecule has 56 heavy (non-hydrogen) atoms. The Kier molecular flexibility index (Phi) is 14.8. The first-order chi connectivity index (χ1) is 27.4. The summed E-state index contributed by atoms with van der Waals surface area (Å²) < 4.78 is 9.84. The van der Waals surface area contributed by atoms with Crippen molar-refractivity contribution in [1.29, 1.82) is 5.41 Å². The average Bonchev–Trinajstić information content (AvgIpc) is 4.09. The highest BCUT2D eigenvalue weighted by Gasteiger charge is 2.31. The smallest absolute Gasteiger partial charge is 0.119 e. The van der Waals surface area contributed by atoms with Gasteiger partial charge in [0.1, 0.15) is 5.75 Å². The van der Waals surface area contributed by atoms with Gasteiger partial charge < -0.3 is 19.7 Å². The molecule has 2 aliphatic rings. The minimum Gasteiger partial charge on any atom is -0.497 e. The molecule has 8 rings (SSSR count). The van der Waals surface area contributed by atoms with Gasteiger partial charge in [0.2, 0.25) is 0 Å². The van der Waals surface area contributed by atoms with E-state index in [-0.39, 0.29) is 0 Å². The lowest BCUT2D eigenvalue weighted by Gasteiger charge is -2.28. The lowest BCUT2D eigenvalue weighted by molar-refractivity contribution is 0.277. The molecule has 0 saturated heterocycles. The second-order valence-electron chi connectivity index (χ2n) is 13.4. The van der Waals surface area contributed by atoms with Crippen LogP contribution in [-0.4, -0.2) is 27.0 Å². The van der Waals surface area contributed by atoms with E-state index < -0.39 is 0 Å². The fourth-order valence-corrected chi connectivity index (χ4v) is 6.59. The highest BCUT2D eigenvalue weighted by molar-refractivity contribution is 6.36. The Labute approximate surface area is 333 Å². The Hall–Kier alpha value is -6.43. The number of nitrogens with one attached hydrogen (secondary N) is 2. The summed E-state index contributed by atoms with van der Waals surface area (Å²) in [7, 11) is 4.96. The molecule has 0 radical (unpaired) electrons. The standard InChI is InChI=1S/C43H35N3O.2C3H6.C2H6O/c1-47-36-25-26-38-33(27-36)28-39(30-19-20-30)45-43(38)41(31-12-4-2-5-13-31)42(44)32-21-23-35(24-22-32)46(34-15-6-3-7-16-34)40-18-10-14-29-11-8-9-17-37(29)40;3*1-3-2/h2-18,21-28,30,44-45H,19-20H2,1H3;2*3H,1H2,2H3;1-2H3/b43-41-,44-42?;;;. The Morgan fingerprint density at radius 2 is 1.27 bits per heavy atom. The van der Waals surface area contributed by atoms with Gasteiger partial charge in [0, 0.05) is 53.4 Å². The van der Waals surface area contributed by atoms with Crippen LogP contribution in [0.1, 0.15) is 48.9 Å². The molecule has 1 aliphatic heterocycles. The Morgan fingerprint density at radius 3 is 1.89 bits per heavy atom. The summed E-state index contributed by atoms with van der Waals surface area (Å²) in [5, 5.41) is 15.9. The van der Waals surface area contributed by atoms with Gasteiger partial charge in [0.25, 0.3) is 0 Å². The molecule has 1 fully saturated rings. The SMILES string of the molecule is C=CC.C=CC.COC.COc1ccc2c(c1)C=C(C1CC1)N/C2=C(\C(=N)c1ccc(N(c2ccccc2)c2cccc3ccccc23)cc1)c1ccccc1. The third kappa shape index (κ3) is 9.81. The van der Waals surface area contributed by atoms with Crippen LogP contribution in [0.2, 0.25) is 0 Å². The van der Waals surface area contributed by atoms with Crippen molar-refractivity contribution in [3.05, 3.63) is 199 Å². The molecule has 0 spiro atoms. The van der Waals surface area contributed by atoms with Crippen LogP contribution in [0.25, 0.3) is 28.1 Å². The molecule has 5 nitrogen and oxygen atoms in total. The number of fused-ring (bicyclic) bond motifs is 2. The van der Waals surface area contributed by atoms with Gasteiger partial charge >= 0.3 is 0 Å². The van der Waals surface area contributed by atoms with Crippen molar-refractivity contribution < 1.29 is 9.47 Å². The van der Waals surface area contributed by atoms with Gasteiger partial charge in [-0.05, 0) is 104 Å². The zero-order valence-corrected chi connectivity index (χ0v) is 33.3. The largest absolute Gasteiger partial charge is 0.497 e. The molecule has 0 bridgehead atoms. The number of nitrogens with zero attached hydrogens (tertiary/aromatic N) is 1. The molecular weight excluding hydrogens is 687 g/mol. The van der Waals surface area contributed by atoms with Crippen LogP contribution in [0.5, 0.6) is 5.75 Å². The number of hydrogen-bond donors (Lipinski definition) is 2. The van der Waals surface area contributed by atoms with Crippen LogP contribution >= 0.6 is 0 Å². The van der Waals surface area contributed by atoms with Gasteiger partial charge in [-0.3, -0.25) is 5.41 Å². The Balaban J connectivity index is 0.000000611. The maximum absolute atomic E-state index is 9.73. The maximum Gasteiger partial charge on any atom is 0.119 e. The van der Waals surface area contributed by atoms with Crippen LogP contribution in [0.3, 0.4) is 0 Å². The molecule has 284 valence electrons. The maximum atomic E-state index is 9.73. The zero-order chi connectivity index (χ0) is 39.9. The molecule has 1 heterocycles. The fraction of sp³-hybridized carbons (Fsp3) is 0.157. The van der Waals surface area contributed by atoms with E-state index >= 15 is 0 Å². The minimum atomic E-state index is 0.473. The number of rotatable bonds is 8.